The molecule has 3 heteroatoms. The summed E-state index contributed by atoms with van der Waals surface area (Å²) >= 11 is 4.35. The average molecular weight is 227 g/mol. The van der Waals surface area contributed by atoms with Gasteiger partial charge in [-0.1, -0.05) is 24.3 Å². The fraction of sp³-hybridized carbons (Fsp3) is 0. The lowest BCUT2D eigenvalue weighted by atomic mass is 10.2. The molecule has 0 atom stereocenters. The Morgan fingerprint density at radius 1 is 0.938 bits per heavy atom. The number of fused-ring (bicyclic) bond motifs is 1. The van der Waals surface area contributed by atoms with Gasteiger partial charge in [0.15, 0.2) is 5.58 Å². The summed E-state index contributed by atoms with van der Waals surface area (Å²) in [6.45, 7) is 0. The van der Waals surface area contributed by atoms with E-state index in [4.69, 9.17) is 4.42 Å². The molecule has 0 amide bonds. The number of hydrogen-bond donors (Lipinski definition) is 1. The van der Waals surface area contributed by atoms with Gasteiger partial charge in [0, 0.05) is 10.5 Å². The summed E-state index contributed by atoms with van der Waals surface area (Å²) in [6.07, 6.45) is 0. The fourth-order valence-electron chi connectivity index (χ4n) is 1.64. The van der Waals surface area contributed by atoms with Gasteiger partial charge < -0.3 is 4.42 Å². The lowest BCUT2D eigenvalue weighted by molar-refractivity contribution is 0.620. The van der Waals surface area contributed by atoms with Crippen molar-refractivity contribution in [2.24, 2.45) is 0 Å². The first kappa shape index (κ1) is 9.48. The van der Waals surface area contributed by atoms with Gasteiger partial charge in [0.05, 0.1) is 0 Å². The number of benzene rings is 2. The monoisotopic (exact) mass is 227 g/mol. The predicted molar refractivity (Wildman–Crippen MR) is 66.7 cm³/mol. The minimum Gasteiger partial charge on any atom is -0.436 e. The van der Waals surface area contributed by atoms with Crippen molar-refractivity contribution in [3.63, 3.8) is 0 Å². The van der Waals surface area contributed by atoms with Crippen molar-refractivity contribution in [3.05, 3.63) is 48.5 Å². The maximum Gasteiger partial charge on any atom is 0.227 e. The van der Waals surface area contributed by atoms with Crippen molar-refractivity contribution in [2.75, 3.05) is 0 Å². The van der Waals surface area contributed by atoms with E-state index in [0.29, 0.717) is 5.89 Å². The number of nitrogens with zero attached hydrogens (tertiary/aromatic N) is 1. The minimum atomic E-state index is 0.636. The highest BCUT2D eigenvalue weighted by Crippen LogP contribution is 2.27. The zero-order valence-electron chi connectivity index (χ0n) is 8.42. The van der Waals surface area contributed by atoms with E-state index in [1.54, 1.807) is 0 Å². The van der Waals surface area contributed by atoms with Crippen molar-refractivity contribution in [3.8, 4) is 11.5 Å². The summed E-state index contributed by atoms with van der Waals surface area (Å²) in [5.41, 5.74) is 2.56. The number of para-hydroxylation sites is 1. The Morgan fingerprint density at radius 3 is 2.50 bits per heavy atom. The van der Waals surface area contributed by atoms with Gasteiger partial charge in [-0.15, -0.1) is 12.6 Å². The highest BCUT2D eigenvalue weighted by Gasteiger charge is 2.08. The quantitative estimate of drug-likeness (QED) is 0.640. The molecule has 16 heavy (non-hydrogen) atoms. The first-order chi connectivity index (χ1) is 7.84. The third-order valence-electron chi connectivity index (χ3n) is 2.42. The van der Waals surface area contributed by atoms with Crippen LogP contribution in [-0.4, -0.2) is 4.98 Å². The molecule has 0 fully saturated rings. The molecular formula is C13H9NOS. The van der Waals surface area contributed by atoms with Crippen LogP contribution in [0.2, 0.25) is 0 Å². The molecule has 0 spiro atoms. The molecule has 0 unspecified atom stereocenters. The first-order valence-corrected chi connectivity index (χ1v) is 5.43. The number of thiol groups is 1. The van der Waals surface area contributed by atoms with E-state index in [-0.39, 0.29) is 0 Å². The second-order valence-corrected chi connectivity index (χ2v) is 3.99. The van der Waals surface area contributed by atoms with E-state index < -0.39 is 0 Å². The number of hydrogen-bond acceptors (Lipinski definition) is 3. The van der Waals surface area contributed by atoms with E-state index in [0.717, 1.165) is 21.6 Å². The normalized spacial score (nSPS) is 10.8. The molecule has 0 saturated carbocycles. The van der Waals surface area contributed by atoms with Crippen LogP contribution < -0.4 is 0 Å². The van der Waals surface area contributed by atoms with Crippen LogP contribution in [-0.2, 0) is 0 Å². The Bertz CT molecular complexity index is 631. The largest absolute Gasteiger partial charge is 0.436 e. The lowest BCUT2D eigenvalue weighted by Gasteiger charge is -1.91. The molecule has 3 aromatic rings. The van der Waals surface area contributed by atoms with E-state index in [1.807, 2.05) is 48.5 Å². The van der Waals surface area contributed by atoms with Gasteiger partial charge in [-0.2, -0.15) is 0 Å². The Hall–Kier alpha value is -1.74. The summed E-state index contributed by atoms with van der Waals surface area (Å²) < 4.78 is 5.67. The topological polar surface area (TPSA) is 26.0 Å². The van der Waals surface area contributed by atoms with Crippen molar-refractivity contribution in [1.29, 1.82) is 0 Å². The average Bonchev–Trinajstić information content (AvgIpc) is 2.76. The molecule has 0 aliphatic carbocycles. The summed E-state index contributed by atoms with van der Waals surface area (Å²) in [4.78, 5) is 5.28. The Labute approximate surface area is 98.3 Å². The number of rotatable bonds is 1. The molecule has 1 aromatic heterocycles. The van der Waals surface area contributed by atoms with Crippen molar-refractivity contribution < 1.29 is 4.42 Å². The van der Waals surface area contributed by atoms with Gasteiger partial charge in [0.1, 0.15) is 5.52 Å². The summed E-state index contributed by atoms with van der Waals surface area (Å²) in [5.74, 6) is 0.636. The van der Waals surface area contributed by atoms with Crippen LogP contribution in [0.1, 0.15) is 0 Å². The van der Waals surface area contributed by atoms with E-state index in [1.165, 1.54) is 0 Å². The van der Waals surface area contributed by atoms with Crippen molar-refractivity contribution in [1.82, 2.24) is 4.98 Å². The highest BCUT2D eigenvalue weighted by atomic mass is 32.1. The molecule has 0 saturated heterocycles. The first-order valence-electron chi connectivity index (χ1n) is 4.98. The third-order valence-corrected chi connectivity index (χ3v) is 2.78. The fourth-order valence-corrected chi connectivity index (χ4v) is 1.88. The third kappa shape index (κ3) is 1.49. The second-order valence-electron chi connectivity index (χ2n) is 3.51. The maximum atomic E-state index is 5.67. The standard InChI is InChI=1S/C13H9NOS/c16-11-8-4-7-10-12(11)14-13(15-10)9-5-2-1-3-6-9/h1-8,16H. The van der Waals surface area contributed by atoms with Gasteiger partial charge in [-0.3, -0.25) is 0 Å². The van der Waals surface area contributed by atoms with Crippen LogP contribution in [0.5, 0.6) is 0 Å². The van der Waals surface area contributed by atoms with Crippen LogP contribution in [0.4, 0.5) is 0 Å². The summed E-state index contributed by atoms with van der Waals surface area (Å²) in [7, 11) is 0. The van der Waals surface area contributed by atoms with Gasteiger partial charge in [0.2, 0.25) is 5.89 Å². The molecule has 3 rings (SSSR count). The van der Waals surface area contributed by atoms with Gasteiger partial charge in [-0.05, 0) is 24.3 Å². The zero-order chi connectivity index (χ0) is 11.0. The second kappa shape index (κ2) is 3.68. The molecule has 0 bridgehead atoms. The van der Waals surface area contributed by atoms with Crippen molar-refractivity contribution in [2.45, 2.75) is 4.90 Å². The van der Waals surface area contributed by atoms with Crippen LogP contribution in [0.3, 0.4) is 0 Å². The Kier molecular flexibility index (Phi) is 2.18. The van der Waals surface area contributed by atoms with Gasteiger partial charge >= 0.3 is 0 Å². The Morgan fingerprint density at radius 2 is 1.75 bits per heavy atom. The summed E-state index contributed by atoms with van der Waals surface area (Å²) in [5, 5.41) is 0. The van der Waals surface area contributed by atoms with Gasteiger partial charge in [-0.25, -0.2) is 4.98 Å². The minimum absolute atomic E-state index is 0.636. The zero-order valence-corrected chi connectivity index (χ0v) is 9.32. The number of oxazole rings is 1. The Balaban J connectivity index is 2.23. The van der Waals surface area contributed by atoms with E-state index in [9.17, 15) is 0 Å². The molecule has 2 nitrogen and oxygen atoms in total. The van der Waals surface area contributed by atoms with E-state index in [2.05, 4.69) is 17.6 Å². The molecule has 0 radical (unpaired) electrons. The van der Waals surface area contributed by atoms with Crippen molar-refractivity contribution >= 4 is 23.7 Å². The van der Waals surface area contributed by atoms with Gasteiger partial charge in [0.25, 0.3) is 0 Å². The van der Waals surface area contributed by atoms with E-state index >= 15 is 0 Å². The van der Waals surface area contributed by atoms with Crippen LogP contribution in [0, 0.1) is 0 Å². The lowest BCUT2D eigenvalue weighted by Crippen LogP contribution is -1.75. The molecule has 78 valence electrons. The van der Waals surface area contributed by atoms with Crippen LogP contribution in [0.25, 0.3) is 22.6 Å². The molecule has 0 aliphatic rings. The van der Waals surface area contributed by atoms with Crippen LogP contribution >= 0.6 is 12.6 Å². The predicted octanol–water partition coefficient (Wildman–Crippen LogP) is 3.78. The molecule has 1 heterocycles. The highest BCUT2D eigenvalue weighted by molar-refractivity contribution is 7.80. The molecule has 2 aromatic carbocycles. The molecular weight excluding hydrogens is 218 g/mol. The molecule has 0 N–H and O–H groups in total. The molecule has 0 aliphatic heterocycles. The smallest absolute Gasteiger partial charge is 0.227 e. The van der Waals surface area contributed by atoms with Crippen LogP contribution in [0.15, 0.2) is 57.8 Å². The number of aromatic nitrogens is 1. The summed E-state index contributed by atoms with van der Waals surface area (Å²) in [6, 6.07) is 15.6. The maximum absolute atomic E-state index is 5.67. The SMILES string of the molecule is Sc1cccc2oc(-c3ccccc3)nc12.